The lowest BCUT2D eigenvalue weighted by Crippen LogP contribution is -1.87. The Morgan fingerprint density at radius 1 is 1.00 bits per heavy atom. The lowest BCUT2D eigenvalue weighted by molar-refractivity contribution is 1.40. The zero-order chi connectivity index (χ0) is 13.2. The van der Waals surface area contributed by atoms with E-state index in [-0.39, 0.29) is 0 Å². The van der Waals surface area contributed by atoms with Gasteiger partial charge in [-0.05, 0) is 12.1 Å². The molecular weight excluding hydrogens is 276 g/mol. The number of nitrogen functional groups attached to an aromatic ring is 1. The molecule has 0 fully saturated rings. The highest BCUT2D eigenvalue weighted by Crippen LogP contribution is 2.31. The molecule has 0 unspecified atom stereocenters. The van der Waals surface area contributed by atoms with Gasteiger partial charge in [0.25, 0.3) is 0 Å². The number of aromatic nitrogens is 1. The van der Waals surface area contributed by atoms with Gasteiger partial charge in [0.1, 0.15) is 5.01 Å². The van der Waals surface area contributed by atoms with Crippen molar-refractivity contribution in [3.8, 4) is 21.8 Å². The van der Waals surface area contributed by atoms with E-state index in [0.29, 0.717) is 10.7 Å². The summed E-state index contributed by atoms with van der Waals surface area (Å²) in [5.41, 5.74) is 9.43. The van der Waals surface area contributed by atoms with E-state index in [1.807, 2.05) is 35.7 Å². The van der Waals surface area contributed by atoms with Crippen LogP contribution in [0.2, 0.25) is 5.02 Å². The summed E-state index contributed by atoms with van der Waals surface area (Å²) in [5.74, 6) is 0. The van der Waals surface area contributed by atoms with Crippen LogP contribution in [0.3, 0.4) is 0 Å². The largest absolute Gasteiger partial charge is 0.398 e. The first-order chi connectivity index (χ1) is 9.24. The third-order valence-corrected chi connectivity index (χ3v) is 4.05. The van der Waals surface area contributed by atoms with Gasteiger partial charge in [0.15, 0.2) is 0 Å². The van der Waals surface area contributed by atoms with Gasteiger partial charge in [-0.15, -0.1) is 11.3 Å². The minimum absolute atomic E-state index is 0.572. The molecule has 0 bridgehead atoms. The molecule has 0 aliphatic carbocycles. The van der Waals surface area contributed by atoms with Crippen molar-refractivity contribution in [3.05, 3.63) is 58.9 Å². The summed E-state index contributed by atoms with van der Waals surface area (Å²) in [5, 5.41) is 3.61. The van der Waals surface area contributed by atoms with Crippen molar-refractivity contribution in [2.24, 2.45) is 0 Å². The van der Waals surface area contributed by atoms with E-state index in [4.69, 9.17) is 17.3 Å². The number of hydrogen-bond donors (Lipinski definition) is 1. The van der Waals surface area contributed by atoms with Crippen molar-refractivity contribution in [1.82, 2.24) is 4.98 Å². The maximum atomic E-state index is 5.93. The second kappa shape index (κ2) is 5.03. The molecule has 0 aliphatic heterocycles. The Morgan fingerprint density at radius 2 is 1.79 bits per heavy atom. The molecule has 0 saturated heterocycles. The summed E-state index contributed by atoms with van der Waals surface area (Å²) in [4.78, 5) is 4.64. The zero-order valence-electron chi connectivity index (χ0n) is 10.0. The van der Waals surface area contributed by atoms with Crippen LogP contribution in [0.15, 0.2) is 53.9 Å². The average molecular weight is 287 g/mol. The summed E-state index contributed by atoms with van der Waals surface area (Å²) in [6, 6.07) is 15.7. The van der Waals surface area contributed by atoms with Gasteiger partial charge in [0.2, 0.25) is 0 Å². The van der Waals surface area contributed by atoms with Crippen molar-refractivity contribution in [1.29, 1.82) is 0 Å². The standard InChI is InChI=1S/C15H11ClN2S/c16-12-7-6-11(8-13(12)17)14-9-19-15(18-14)10-4-2-1-3-5-10/h1-9H,17H2. The quantitative estimate of drug-likeness (QED) is 0.693. The van der Waals surface area contributed by atoms with Crippen LogP contribution < -0.4 is 5.73 Å². The molecule has 2 aromatic carbocycles. The smallest absolute Gasteiger partial charge is 0.124 e. The summed E-state index contributed by atoms with van der Waals surface area (Å²) in [6.45, 7) is 0. The highest BCUT2D eigenvalue weighted by Gasteiger charge is 2.07. The minimum Gasteiger partial charge on any atom is -0.398 e. The number of anilines is 1. The Balaban J connectivity index is 1.99. The Labute approximate surface area is 120 Å². The fourth-order valence-electron chi connectivity index (χ4n) is 1.82. The predicted molar refractivity (Wildman–Crippen MR) is 82.4 cm³/mol. The number of nitrogens with zero attached hydrogens (tertiary/aromatic N) is 1. The molecule has 3 rings (SSSR count). The highest BCUT2D eigenvalue weighted by atomic mass is 35.5. The van der Waals surface area contributed by atoms with E-state index < -0.39 is 0 Å². The van der Waals surface area contributed by atoms with Crippen molar-refractivity contribution in [3.63, 3.8) is 0 Å². The molecule has 19 heavy (non-hydrogen) atoms. The van der Waals surface area contributed by atoms with Crippen molar-refractivity contribution in [2.75, 3.05) is 5.73 Å². The Bertz CT molecular complexity index is 707. The van der Waals surface area contributed by atoms with E-state index in [9.17, 15) is 0 Å². The molecule has 1 aromatic heterocycles. The number of nitrogens with two attached hydrogens (primary N) is 1. The fourth-order valence-corrected chi connectivity index (χ4v) is 2.78. The van der Waals surface area contributed by atoms with Crippen molar-refractivity contribution >= 4 is 28.6 Å². The SMILES string of the molecule is Nc1cc(-c2csc(-c3ccccc3)n2)ccc1Cl. The van der Waals surface area contributed by atoms with Crippen LogP contribution in [0.4, 0.5) is 5.69 Å². The number of rotatable bonds is 2. The van der Waals surface area contributed by atoms with E-state index in [1.165, 1.54) is 0 Å². The predicted octanol–water partition coefficient (Wildman–Crippen LogP) is 4.71. The molecule has 1 heterocycles. The fraction of sp³-hybridized carbons (Fsp3) is 0. The first-order valence-corrected chi connectivity index (χ1v) is 7.06. The molecule has 0 amide bonds. The topological polar surface area (TPSA) is 38.9 Å². The molecule has 0 saturated carbocycles. The number of benzene rings is 2. The van der Waals surface area contributed by atoms with E-state index >= 15 is 0 Å². The Kier molecular flexibility index (Phi) is 3.23. The second-order valence-corrected chi connectivity index (χ2v) is 5.41. The molecule has 2 nitrogen and oxygen atoms in total. The normalized spacial score (nSPS) is 10.6. The summed E-state index contributed by atoms with van der Waals surface area (Å²) < 4.78 is 0. The van der Waals surface area contributed by atoms with Gasteiger partial charge in [0, 0.05) is 16.5 Å². The second-order valence-electron chi connectivity index (χ2n) is 4.14. The van der Waals surface area contributed by atoms with Crippen LogP contribution in [0.5, 0.6) is 0 Å². The van der Waals surface area contributed by atoms with Crippen LogP contribution in [0, 0.1) is 0 Å². The van der Waals surface area contributed by atoms with Gasteiger partial charge >= 0.3 is 0 Å². The van der Waals surface area contributed by atoms with Crippen molar-refractivity contribution < 1.29 is 0 Å². The molecule has 3 aromatic rings. The maximum Gasteiger partial charge on any atom is 0.124 e. The molecule has 0 aliphatic rings. The maximum absolute atomic E-state index is 5.93. The van der Waals surface area contributed by atoms with Gasteiger partial charge in [-0.3, -0.25) is 0 Å². The van der Waals surface area contributed by atoms with Crippen molar-refractivity contribution in [2.45, 2.75) is 0 Å². The Morgan fingerprint density at radius 3 is 2.53 bits per heavy atom. The summed E-state index contributed by atoms with van der Waals surface area (Å²) in [6.07, 6.45) is 0. The van der Waals surface area contributed by atoms with E-state index in [2.05, 4.69) is 17.1 Å². The first kappa shape index (κ1) is 12.2. The van der Waals surface area contributed by atoms with Gasteiger partial charge in [0.05, 0.1) is 16.4 Å². The lowest BCUT2D eigenvalue weighted by Gasteiger charge is -2.01. The van der Waals surface area contributed by atoms with Crippen LogP contribution in [0.25, 0.3) is 21.8 Å². The third kappa shape index (κ3) is 2.48. The lowest BCUT2D eigenvalue weighted by atomic mass is 10.1. The first-order valence-electron chi connectivity index (χ1n) is 5.80. The molecular formula is C15H11ClN2S. The molecule has 4 heteroatoms. The third-order valence-electron chi connectivity index (χ3n) is 2.82. The van der Waals surface area contributed by atoms with Gasteiger partial charge in [-0.25, -0.2) is 4.98 Å². The van der Waals surface area contributed by atoms with Gasteiger partial charge in [-0.2, -0.15) is 0 Å². The molecule has 0 radical (unpaired) electrons. The van der Waals surface area contributed by atoms with Crippen LogP contribution in [0.1, 0.15) is 0 Å². The molecule has 0 spiro atoms. The van der Waals surface area contributed by atoms with E-state index in [0.717, 1.165) is 21.8 Å². The zero-order valence-corrected chi connectivity index (χ0v) is 11.6. The number of thiazole rings is 1. The number of hydrogen-bond acceptors (Lipinski definition) is 3. The molecule has 0 atom stereocenters. The molecule has 94 valence electrons. The van der Waals surface area contributed by atoms with Gasteiger partial charge < -0.3 is 5.73 Å². The summed E-state index contributed by atoms with van der Waals surface area (Å²) >= 11 is 7.55. The molecule has 2 N–H and O–H groups in total. The average Bonchev–Trinajstić information content (AvgIpc) is 2.93. The Hall–Kier alpha value is -1.84. The van der Waals surface area contributed by atoms with Crippen LogP contribution in [-0.4, -0.2) is 4.98 Å². The van der Waals surface area contributed by atoms with E-state index in [1.54, 1.807) is 17.4 Å². The van der Waals surface area contributed by atoms with Crippen LogP contribution in [-0.2, 0) is 0 Å². The van der Waals surface area contributed by atoms with Gasteiger partial charge in [-0.1, -0.05) is 48.0 Å². The monoisotopic (exact) mass is 286 g/mol. The summed E-state index contributed by atoms with van der Waals surface area (Å²) in [7, 11) is 0. The van der Waals surface area contributed by atoms with Crippen LogP contribution >= 0.6 is 22.9 Å². The number of halogens is 1. The highest BCUT2D eigenvalue weighted by molar-refractivity contribution is 7.13. The minimum atomic E-state index is 0.572.